The van der Waals surface area contributed by atoms with E-state index in [0.717, 1.165) is 44.5 Å². The average molecular weight is 377 g/mol. The SMILES string of the molecule is CCCCNc1cc2c(c(C(=O)NC[C@@H]3CCNCC3O)c1)OCCCO2. The number of aliphatic hydroxyl groups excluding tert-OH is 1. The third kappa shape index (κ3) is 5.26. The lowest BCUT2D eigenvalue weighted by Gasteiger charge is -2.28. The van der Waals surface area contributed by atoms with E-state index in [1.807, 2.05) is 12.1 Å². The first-order valence-electron chi connectivity index (χ1n) is 10.0. The van der Waals surface area contributed by atoms with Gasteiger partial charge < -0.3 is 30.5 Å². The largest absolute Gasteiger partial charge is 0.489 e. The Kier molecular flexibility index (Phi) is 7.18. The van der Waals surface area contributed by atoms with E-state index in [-0.39, 0.29) is 11.8 Å². The predicted molar refractivity (Wildman–Crippen MR) is 105 cm³/mol. The molecule has 1 amide bonds. The molecule has 150 valence electrons. The zero-order chi connectivity index (χ0) is 19.1. The Morgan fingerprint density at radius 3 is 3.00 bits per heavy atom. The first-order chi connectivity index (χ1) is 13.2. The Balaban J connectivity index is 1.74. The monoisotopic (exact) mass is 377 g/mol. The van der Waals surface area contributed by atoms with Crippen molar-refractivity contribution in [3.63, 3.8) is 0 Å². The minimum absolute atomic E-state index is 0.0665. The van der Waals surface area contributed by atoms with E-state index in [2.05, 4.69) is 22.9 Å². The van der Waals surface area contributed by atoms with Crippen molar-refractivity contribution in [3.8, 4) is 11.5 Å². The second-order valence-corrected chi connectivity index (χ2v) is 7.21. The summed E-state index contributed by atoms with van der Waals surface area (Å²) in [7, 11) is 0. The van der Waals surface area contributed by atoms with Crippen LogP contribution in [0.3, 0.4) is 0 Å². The van der Waals surface area contributed by atoms with E-state index in [9.17, 15) is 9.90 Å². The fourth-order valence-corrected chi connectivity index (χ4v) is 3.41. The number of anilines is 1. The van der Waals surface area contributed by atoms with E-state index in [1.54, 1.807) is 0 Å². The maximum absolute atomic E-state index is 12.9. The molecule has 1 saturated heterocycles. The van der Waals surface area contributed by atoms with Crippen LogP contribution in [-0.4, -0.2) is 56.5 Å². The fraction of sp³-hybridized carbons (Fsp3) is 0.650. The summed E-state index contributed by atoms with van der Waals surface area (Å²) in [5, 5.41) is 19.6. The molecule has 27 heavy (non-hydrogen) atoms. The molecule has 0 spiro atoms. The molecule has 0 radical (unpaired) electrons. The Hall–Kier alpha value is -1.99. The van der Waals surface area contributed by atoms with Crippen LogP contribution in [0.2, 0.25) is 0 Å². The Bertz CT molecular complexity index is 638. The molecule has 7 nitrogen and oxygen atoms in total. The second kappa shape index (κ2) is 9.80. The normalized spacial score (nSPS) is 22.0. The third-order valence-corrected chi connectivity index (χ3v) is 5.07. The highest BCUT2D eigenvalue weighted by Gasteiger charge is 2.25. The van der Waals surface area contributed by atoms with Gasteiger partial charge in [0.25, 0.3) is 5.91 Å². The van der Waals surface area contributed by atoms with E-state index < -0.39 is 6.10 Å². The van der Waals surface area contributed by atoms with Crippen molar-refractivity contribution >= 4 is 11.6 Å². The van der Waals surface area contributed by atoms with Crippen LogP contribution in [-0.2, 0) is 0 Å². The van der Waals surface area contributed by atoms with Crippen molar-refractivity contribution in [1.82, 2.24) is 10.6 Å². The van der Waals surface area contributed by atoms with Gasteiger partial charge in [0.1, 0.15) is 0 Å². The summed E-state index contributed by atoms with van der Waals surface area (Å²) in [6.45, 7) is 5.98. The summed E-state index contributed by atoms with van der Waals surface area (Å²) in [4.78, 5) is 12.9. The first-order valence-corrected chi connectivity index (χ1v) is 10.0. The summed E-state index contributed by atoms with van der Waals surface area (Å²) >= 11 is 0. The first kappa shape index (κ1) is 19.8. The molecule has 7 heteroatoms. The van der Waals surface area contributed by atoms with Gasteiger partial charge in [-0.15, -0.1) is 0 Å². The van der Waals surface area contributed by atoms with Gasteiger partial charge in [-0.2, -0.15) is 0 Å². The quantitative estimate of drug-likeness (QED) is 0.541. The van der Waals surface area contributed by atoms with Gasteiger partial charge in [-0.3, -0.25) is 4.79 Å². The molecule has 0 aliphatic carbocycles. The molecule has 1 aromatic rings. The highest BCUT2D eigenvalue weighted by atomic mass is 16.5. The molecule has 2 aliphatic rings. The van der Waals surface area contributed by atoms with E-state index in [0.29, 0.717) is 43.4 Å². The highest BCUT2D eigenvalue weighted by molar-refractivity contribution is 5.99. The van der Waals surface area contributed by atoms with Crippen LogP contribution in [0.1, 0.15) is 43.0 Å². The molecular weight excluding hydrogens is 346 g/mol. The molecule has 3 rings (SSSR count). The fourth-order valence-electron chi connectivity index (χ4n) is 3.41. The van der Waals surface area contributed by atoms with Crippen molar-refractivity contribution < 1.29 is 19.4 Å². The topological polar surface area (TPSA) is 91.9 Å². The number of benzene rings is 1. The summed E-state index contributed by atoms with van der Waals surface area (Å²) in [5.74, 6) is 0.997. The zero-order valence-corrected chi connectivity index (χ0v) is 16.1. The van der Waals surface area contributed by atoms with Crippen LogP contribution in [0.15, 0.2) is 12.1 Å². The number of carbonyl (C=O) groups is 1. The molecule has 1 fully saturated rings. The van der Waals surface area contributed by atoms with Crippen LogP contribution in [0.4, 0.5) is 5.69 Å². The smallest absolute Gasteiger partial charge is 0.255 e. The number of unbranched alkanes of at least 4 members (excludes halogenated alkanes) is 1. The van der Waals surface area contributed by atoms with Gasteiger partial charge in [-0.25, -0.2) is 0 Å². The molecular formula is C20H31N3O4. The van der Waals surface area contributed by atoms with Crippen molar-refractivity contribution in [3.05, 3.63) is 17.7 Å². The van der Waals surface area contributed by atoms with Gasteiger partial charge in [0.2, 0.25) is 0 Å². The van der Waals surface area contributed by atoms with Crippen LogP contribution < -0.4 is 25.4 Å². The molecule has 2 aliphatic heterocycles. The maximum atomic E-state index is 12.9. The van der Waals surface area contributed by atoms with Crippen molar-refractivity contribution in [2.24, 2.45) is 5.92 Å². The van der Waals surface area contributed by atoms with Gasteiger partial charge in [-0.05, 0) is 25.5 Å². The number of carbonyl (C=O) groups excluding carboxylic acids is 1. The number of β-amino-alcohol motifs (C(OH)–C–C–N with tert-alkyl or cyclic N) is 1. The number of nitrogens with one attached hydrogen (secondary N) is 3. The number of ether oxygens (including phenoxy) is 2. The van der Waals surface area contributed by atoms with E-state index in [1.165, 1.54) is 0 Å². The summed E-state index contributed by atoms with van der Waals surface area (Å²) in [6, 6.07) is 3.74. The van der Waals surface area contributed by atoms with Gasteiger partial charge in [-0.1, -0.05) is 13.3 Å². The Labute approximate surface area is 160 Å². The molecule has 0 aromatic heterocycles. The van der Waals surface area contributed by atoms with E-state index in [4.69, 9.17) is 9.47 Å². The van der Waals surface area contributed by atoms with Crippen molar-refractivity contribution in [2.75, 3.05) is 44.7 Å². The van der Waals surface area contributed by atoms with E-state index >= 15 is 0 Å². The van der Waals surface area contributed by atoms with Gasteiger partial charge in [0, 0.05) is 43.7 Å². The second-order valence-electron chi connectivity index (χ2n) is 7.21. The number of hydrogen-bond acceptors (Lipinski definition) is 6. The van der Waals surface area contributed by atoms with Crippen LogP contribution >= 0.6 is 0 Å². The lowest BCUT2D eigenvalue weighted by molar-refractivity contribution is 0.0752. The lowest BCUT2D eigenvalue weighted by Crippen LogP contribution is -2.45. The molecule has 2 atom stereocenters. The summed E-state index contributed by atoms with van der Waals surface area (Å²) in [5.41, 5.74) is 1.34. The highest BCUT2D eigenvalue weighted by Crippen LogP contribution is 2.36. The summed E-state index contributed by atoms with van der Waals surface area (Å²) < 4.78 is 11.6. The minimum atomic E-state index is -0.433. The molecule has 1 aromatic carbocycles. The lowest BCUT2D eigenvalue weighted by atomic mass is 9.95. The van der Waals surface area contributed by atoms with Crippen LogP contribution in [0.5, 0.6) is 11.5 Å². The number of fused-ring (bicyclic) bond motifs is 1. The number of rotatable bonds is 7. The minimum Gasteiger partial charge on any atom is -0.489 e. The number of piperidine rings is 1. The van der Waals surface area contributed by atoms with Gasteiger partial charge in [0.15, 0.2) is 11.5 Å². The molecule has 0 bridgehead atoms. The van der Waals surface area contributed by atoms with Crippen LogP contribution in [0.25, 0.3) is 0 Å². The Morgan fingerprint density at radius 1 is 1.33 bits per heavy atom. The molecule has 1 unspecified atom stereocenters. The van der Waals surface area contributed by atoms with Crippen LogP contribution in [0, 0.1) is 5.92 Å². The zero-order valence-electron chi connectivity index (χ0n) is 16.1. The number of hydrogen-bond donors (Lipinski definition) is 4. The Morgan fingerprint density at radius 2 is 2.19 bits per heavy atom. The summed E-state index contributed by atoms with van der Waals surface area (Å²) in [6.07, 6.45) is 3.36. The van der Waals surface area contributed by atoms with Gasteiger partial charge in [0.05, 0.1) is 24.9 Å². The van der Waals surface area contributed by atoms with Gasteiger partial charge >= 0.3 is 0 Å². The third-order valence-electron chi connectivity index (χ3n) is 5.07. The maximum Gasteiger partial charge on any atom is 0.255 e. The molecule has 0 saturated carbocycles. The molecule has 4 N–H and O–H groups in total. The predicted octanol–water partition coefficient (Wildman–Crippen LogP) is 1.76. The van der Waals surface area contributed by atoms with Crippen molar-refractivity contribution in [1.29, 1.82) is 0 Å². The number of aliphatic hydroxyl groups is 1. The average Bonchev–Trinajstić information content (AvgIpc) is 2.92. The van der Waals surface area contributed by atoms with Crippen molar-refractivity contribution in [2.45, 2.75) is 38.7 Å². The number of amides is 1. The molecule has 2 heterocycles. The standard InChI is InChI=1S/C20H31N3O4/c1-2-3-6-22-15-10-16(19-18(11-15)26-8-4-9-27-19)20(25)23-12-14-5-7-21-13-17(14)24/h10-11,14,17,21-22,24H,2-9,12-13H2,1H3,(H,23,25)/t14-,17?/m0/s1.